The van der Waals surface area contributed by atoms with Crippen LogP contribution in [0.25, 0.3) is 23.0 Å². The number of thiocarbonyl (C=S) groups is 1. The molecular weight excluding hydrogens is 480 g/mol. The Hall–Kier alpha value is -4.08. The SMILES string of the molecule is Cc1ccc(N2C(=O)/C(=C/c3cn(-c4ccccc4)nc3-c3ccc([N+](=O)[O-])cc3)SC2=S)cc1. The smallest absolute Gasteiger partial charge is 0.268 e. The van der Waals surface area contributed by atoms with E-state index in [1.54, 1.807) is 22.9 Å². The van der Waals surface area contributed by atoms with E-state index in [1.165, 1.54) is 28.8 Å². The summed E-state index contributed by atoms with van der Waals surface area (Å²) in [4.78, 5) is 25.9. The third-order valence-electron chi connectivity index (χ3n) is 5.49. The lowest BCUT2D eigenvalue weighted by Gasteiger charge is -2.14. The Balaban J connectivity index is 1.57. The molecule has 1 amide bonds. The van der Waals surface area contributed by atoms with Gasteiger partial charge in [-0.25, -0.2) is 4.68 Å². The van der Waals surface area contributed by atoms with Crippen molar-refractivity contribution >= 4 is 51.7 Å². The number of rotatable bonds is 5. The average Bonchev–Trinajstić information content (AvgIpc) is 3.41. The molecule has 4 aromatic rings. The van der Waals surface area contributed by atoms with Gasteiger partial charge in [-0.2, -0.15) is 5.10 Å². The molecule has 9 heteroatoms. The van der Waals surface area contributed by atoms with Crippen LogP contribution >= 0.6 is 24.0 Å². The van der Waals surface area contributed by atoms with Crippen molar-refractivity contribution in [3.8, 4) is 16.9 Å². The molecule has 1 saturated heterocycles. The summed E-state index contributed by atoms with van der Waals surface area (Å²) >= 11 is 6.75. The predicted octanol–water partition coefficient (Wildman–Crippen LogP) is 6.16. The van der Waals surface area contributed by atoms with Gasteiger partial charge in [0, 0.05) is 29.5 Å². The molecule has 0 saturated carbocycles. The molecule has 0 unspecified atom stereocenters. The summed E-state index contributed by atoms with van der Waals surface area (Å²) in [5.74, 6) is -0.203. The number of nitro groups is 1. The van der Waals surface area contributed by atoms with Gasteiger partial charge in [-0.1, -0.05) is 59.9 Å². The Morgan fingerprint density at radius 3 is 2.31 bits per heavy atom. The van der Waals surface area contributed by atoms with Gasteiger partial charge in [-0.15, -0.1) is 0 Å². The molecular formula is C26H18N4O3S2. The Morgan fingerprint density at radius 2 is 1.66 bits per heavy atom. The topological polar surface area (TPSA) is 81.3 Å². The molecule has 35 heavy (non-hydrogen) atoms. The molecule has 0 spiro atoms. The van der Waals surface area contributed by atoms with E-state index >= 15 is 0 Å². The highest BCUT2D eigenvalue weighted by Gasteiger charge is 2.33. The summed E-state index contributed by atoms with van der Waals surface area (Å²) in [6.07, 6.45) is 3.61. The van der Waals surface area contributed by atoms with Gasteiger partial charge in [0.2, 0.25) is 0 Å². The largest absolute Gasteiger partial charge is 0.270 e. The first-order valence-corrected chi connectivity index (χ1v) is 11.9. The fraction of sp³-hybridized carbons (Fsp3) is 0.0385. The highest BCUT2D eigenvalue weighted by Crippen LogP contribution is 2.37. The number of amides is 1. The van der Waals surface area contributed by atoms with E-state index in [-0.39, 0.29) is 11.6 Å². The Morgan fingerprint density at radius 1 is 0.971 bits per heavy atom. The van der Waals surface area contributed by atoms with E-state index in [0.717, 1.165) is 16.9 Å². The zero-order valence-corrected chi connectivity index (χ0v) is 20.1. The van der Waals surface area contributed by atoms with Crippen molar-refractivity contribution in [2.24, 2.45) is 0 Å². The maximum Gasteiger partial charge on any atom is 0.270 e. The second-order valence-electron chi connectivity index (χ2n) is 7.87. The van der Waals surface area contributed by atoms with Crippen molar-refractivity contribution in [3.05, 3.63) is 111 Å². The Bertz CT molecular complexity index is 1480. The molecule has 0 bridgehead atoms. The minimum Gasteiger partial charge on any atom is -0.268 e. The molecule has 5 rings (SSSR count). The lowest BCUT2D eigenvalue weighted by atomic mass is 10.1. The molecule has 1 aliphatic rings. The second kappa shape index (κ2) is 9.28. The van der Waals surface area contributed by atoms with Gasteiger partial charge in [0.15, 0.2) is 4.32 Å². The van der Waals surface area contributed by atoms with Crippen LogP contribution in [0.4, 0.5) is 11.4 Å². The van der Waals surface area contributed by atoms with E-state index in [4.69, 9.17) is 17.3 Å². The standard InChI is InChI=1S/C26H18N4O3S2/c1-17-7-11-21(12-8-17)29-25(31)23(35-26(29)34)15-19-16-28(20-5-3-2-4-6-20)27-24(19)18-9-13-22(14-10-18)30(32)33/h2-16H,1H3/b23-15-. The average molecular weight is 499 g/mol. The Kier molecular flexibility index (Phi) is 6.02. The van der Waals surface area contributed by atoms with Crippen molar-refractivity contribution in [1.29, 1.82) is 0 Å². The number of nitro benzene ring substituents is 1. The van der Waals surface area contributed by atoms with Crippen LogP contribution in [0.2, 0.25) is 0 Å². The van der Waals surface area contributed by atoms with E-state index in [9.17, 15) is 14.9 Å². The van der Waals surface area contributed by atoms with Crippen LogP contribution in [0.1, 0.15) is 11.1 Å². The number of benzene rings is 3. The number of non-ortho nitro benzene ring substituents is 1. The number of aromatic nitrogens is 2. The molecule has 3 aromatic carbocycles. The summed E-state index contributed by atoms with van der Waals surface area (Å²) in [6, 6.07) is 23.4. The van der Waals surface area contributed by atoms with Gasteiger partial charge in [0.25, 0.3) is 11.6 Å². The van der Waals surface area contributed by atoms with Crippen LogP contribution in [0.5, 0.6) is 0 Å². The van der Waals surface area contributed by atoms with Crippen LogP contribution in [0.3, 0.4) is 0 Å². The third-order valence-corrected chi connectivity index (χ3v) is 6.79. The monoisotopic (exact) mass is 498 g/mol. The van der Waals surface area contributed by atoms with Gasteiger partial charge in [-0.05, 0) is 49.4 Å². The number of hydrogen-bond acceptors (Lipinski definition) is 6. The fourth-order valence-corrected chi connectivity index (χ4v) is 4.99. The summed E-state index contributed by atoms with van der Waals surface area (Å²) < 4.78 is 2.18. The maximum atomic E-state index is 13.3. The van der Waals surface area contributed by atoms with Crippen molar-refractivity contribution < 1.29 is 9.72 Å². The summed E-state index contributed by atoms with van der Waals surface area (Å²) in [5.41, 5.74) is 4.66. The van der Waals surface area contributed by atoms with Crippen LogP contribution in [0.15, 0.2) is 90.0 Å². The van der Waals surface area contributed by atoms with Crippen molar-refractivity contribution in [1.82, 2.24) is 9.78 Å². The molecule has 2 heterocycles. The molecule has 172 valence electrons. The normalized spacial score (nSPS) is 14.7. The molecule has 1 aromatic heterocycles. The van der Waals surface area contributed by atoms with Gasteiger partial charge < -0.3 is 0 Å². The van der Waals surface area contributed by atoms with Gasteiger partial charge in [0.1, 0.15) is 0 Å². The zero-order valence-electron chi connectivity index (χ0n) is 18.5. The summed E-state index contributed by atoms with van der Waals surface area (Å²) in [6.45, 7) is 1.98. The van der Waals surface area contributed by atoms with Crippen LogP contribution in [0, 0.1) is 17.0 Å². The molecule has 0 aliphatic carbocycles. The van der Waals surface area contributed by atoms with Crippen molar-refractivity contribution in [2.45, 2.75) is 6.92 Å². The minimum atomic E-state index is -0.441. The third kappa shape index (κ3) is 4.51. The summed E-state index contributed by atoms with van der Waals surface area (Å²) in [5, 5.41) is 15.8. The van der Waals surface area contributed by atoms with Gasteiger partial charge in [0.05, 0.1) is 26.9 Å². The summed E-state index contributed by atoms with van der Waals surface area (Å²) in [7, 11) is 0. The Labute approximate surface area is 210 Å². The second-order valence-corrected chi connectivity index (χ2v) is 9.55. The van der Waals surface area contributed by atoms with Gasteiger partial charge >= 0.3 is 0 Å². The first-order chi connectivity index (χ1) is 16.9. The lowest BCUT2D eigenvalue weighted by Crippen LogP contribution is -2.27. The predicted molar refractivity (Wildman–Crippen MR) is 142 cm³/mol. The lowest BCUT2D eigenvalue weighted by molar-refractivity contribution is -0.384. The van der Waals surface area contributed by atoms with Crippen LogP contribution < -0.4 is 4.90 Å². The number of nitrogens with zero attached hydrogens (tertiary/aromatic N) is 4. The molecule has 0 atom stereocenters. The van der Waals surface area contributed by atoms with Crippen molar-refractivity contribution in [3.63, 3.8) is 0 Å². The van der Waals surface area contributed by atoms with Crippen molar-refractivity contribution in [2.75, 3.05) is 4.90 Å². The van der Waals surface area contributed by atoms with E-state index < -0.39 is 4.92 Å². The number of anilines is 1. The first kappa shape index (κ1) is 22.7. The minimum absolute atomic E-state index is 0.00300. The number of para-hydroxylation sites is 1. The highest BCUT2D eigenvalue weighted by molar-refractivity contribution is 8.27. The van der Waals surface area contributed by atoms with E-state index in [0.29, 0.717) is 26.0 Å². The molecule has 7 nitrogen and oxygen atoms in total. The molecule has 1 aliphatic heterocycles. The fourth-order valence-electron chi connectivity index (χ4n) is 3.70. The maximum absolute atomic E-state index is 13.3. The van der Waals surface area contributed by atoms with Gasteiger partial charge in [-0.3, -0.25) is 19.8 Å². The highest BCUT2D eigenvalue weighted by atomic mass is 32.2. The zero-order chi connectivity index (χ0) is 24.5. The van der Waals surface area contributed by atoms with E-state index in [2.05, 4.69) is 0 Å². The molecule has 0 N–H and O–H groups in total. The number of aryl methyl sites for hydroxylation is 1. The number of carbonyl (C=O) groups excluding carboxylic acids is 1. The van der Waals surface area contributed by atoms with E-state index in [1.807, 2.05) is 67.7 Å². The van der Waals surface area contributed by atoms with Crippen LogP contribution in [-0.4, -0.2) is 24.9 Å². The molecule has 0 radical (unpaired) electrons. The number of carbonyl (C=O) groups is 1. The quantitative estimate of drug-likeness (QED) is 0.142. The number of hydrogen-bond donors (Lipinski definition) is 0. The van der Waals surface area contributed by atoms with Crippen LogP contribution in [-0.2, 0) is 4.79 Å². The molecule has 1 fully saturated rings. The first-order valence-electron chi connectivity index (χ1n) is 10.7. The number of thioether (sulfide) groups is 1.